The van der Waals surface area contributed by atoms with Gasteiger partial charge >= 0.3 is 0 Å². The Kier molecular flexibility index (Phi) is 3.94. The number of imidazole rings is 1. The molecule has 3 nitrogen and oxygen atoms in total. The van der Waals surface area contributed by atoms with Gasteiger partial charge in [-0.25, -0.2) is 4.98 Å². The van der Waals surface area contributed by atoms with Crippen molar-refractivity contribution in [2.45, 2.75) is 38.0 Å². The van der Waals surface area contributed by atoms with E-state index in [1.165, 1.54) is 18.6 Å². The number of hydrogen-bond acceptors (Lipinski definition) is 3. The van der Waals surface area contributed by atoms with Gasteiger partial charge in [-0.15, -0.1) is 0 Å². The summed E-state index contributed by atoms with van der Waals surface area (Å²) in [4.78, 5) is 4.34. The molecule has 2 heterocycles. The number of nitrogens with one attached hydrogen (secondary N) is 1. The van der Waals surface area contributed by atoms with Crippen molar-refractivity contribution in [2.75, 3.05) is 17.6 Å². The summed E-state index contributed by atoms with van der Waals surface area (Å²) in [5, 5.41) is 4.24. The molecule has 0 bridgehead atoms. The van der Waals surface area contributed by atoms with Gasteiger partial charge in [0, 0.05) is 30.7 Å². The molecule has 1 unspecified atom stereocenters. The molecule has 1 atom stereocenters. The van der Waals surface area contributed by atoms with Crippen LogP contribution in [0.4, 0.5) is 5.95 Å². The molecule has 4 heteroatoms. The van der Waals surface area contributed by atoms with E-state index >= 15 is 0 Å². The Labute approximate surface area is 95.7 Å². The molecule has 15 heavy (non-hydrogen) atoms. The Morgan fingerprint density at radius 1 is 1.67 bits per heavy atom. The molecule has 2 rings (SSSR count). The summed E-state index contributed by atoms with van der Waals surface area (Å²) in [5.74, 6) is 2.36. The van der Waals surface area contributed by atoms with Crippen LogP contribution in [-0.4, -0.2) is 27.1 Å². The SMILES string of the molecule is CCCn1ccnc1NCC1CCCS1. The van der Waals surface area contributed by atoms with E-state index in [9.17, 15) is 0 Å². The highest BCUT2D eigenvalue weighted by molar-refractivity contribution is 8.00. The zero-order valence-electron chi connectivity index (χ0n) is 9.28. The molecule has 1 aromatic rings. The van der Waals surface area contributed by atoms with Gasteiger partial charge in [-0.2, -0.15) is 11.8 Å². The number of anilines is 1. The Morgan fingerprint density at radius 3 is 3.33 bits per heavy atom. The zero-order valence-corrected chi connectivity index (χ0v) is 10.1. The maximum Gasteiger partial charge on any atom is 0.202 e. The highest BCUT2D eigenvalue weighted by atomic mass is 32.2. The van der Waals surface area contributed by atoms with Crippen LogP contribution in [0.1, 0.15) is 26.2 Å². The van der Waals surface area contributed by atoms with E-state index in [4.69, 9.17) is 0 Å². The smallest absolute Gasteiger partial charge is 0.202 e. The second kappa shape index (κ2) is 5.45. The Balaban J connectivity index is 1.83. The summed E-state index contributed by atoms with van der Waals surface area (Å²) < 4.78 is 2.19. The predicted octanol–water partition coefficient (Wildman–Crippen LogP) is 2.60. The standard InChI is InChI=1S/C11H19N3S/c1-2-6-14-7-5-12-11(14)13-9-10-4-3-8-15-10/h5,7,10H,2-4,6,8-9H2,1H3,(H,12,13). The van der Waals surface area contributed by atoms with Gasteiger partial charge in [0.2, 0.25) is 5.95 Å². The summed E-state index contributed by atoms with van der Waals surface area (Å²) in [6, 6.07) is 0. The van der Waals surface area contributed by atoms with E-state index in [-0.39, 0.29) is 0 Å². The largest absolute Gasteiger partial charge is 0.355 e. The summed E-state index contributed by atoms with van der Waals surface area (Å²) in [7, 11) is 0. The predicted molar refractivity (Wildman–Crippen MR) is 66.5 cm³/mol. The first-order chi connectivity index (χ1) is 7.40. The van der Waals surface area contributed by atoms with Gasteiger partial charge in [-0.3, -0.25) is 0 Å². The summed E-state index contributed by atoms with van der Waals surface area (Å²) in [6.45, 7) is 4.31. The summed E-state index contributed by atoms with van der Waals surface area (Å²) in [6.07, 6.45) is 7.81. The topological polar surface area (TPSA) is 29.9 Å². The van der Waals surface area contributed by atoms with Gasteiger partial charge in [0.05, 0.1) is 0 Å². The third kappa shape index (κ3) is 2.91. The van der Waals surface area contributed by atoms with Crippen LogP contribution in [0.25, 0.3) is 0 Å². The van der Waals surface area contributed by atoms with Crippen molar-refractivity contribution in [1.82, 2.24) is 9.55 Å². The first-order valence-corrected chi connectivity index (χ1v) is 6.81. The molecule has 1 saturated heterocycles. The number of aryl methyl sites for hydroxylation is 1. The minimum atomic E-state index is 0.789. The van der Waals surface area contributed by atoms with Gasteiger partial charge in [-0.05, 0) is 25.0 Å². The van der Waals surface area contributed by atoms with Crippen molar-refractivity contribution in [2.24, 2.45) is 0 Å². The second-order valence-corrected chi connectivity index (χ2v) is 5.37. The first kappa shape index (κ1) is 10.9. The minimum absolute atomic E-state index is 0.789. The molecule has 0 saturated carbocycles. The molecule has 0 aromatic carbocycles. The number of nitrogens with zero attached hydrogens (tertiary/aromatic N) is 2. The fraction of sp³-hybridized carbons (Fsp3) is 0.727. The van der Waals surface area contributed by atoms with Gasteiger partial charge in [0.15, 0.2) is 0 Å². The minimum Gasteiger partial charge on any atom is -0.355 e. The lowest BCUT2D eigenvalue weighted by atomic mass is 10.2. The molecular weight excluding hydrogens is 206 g/mol. The lowest BCUT2D eigenvalue weighted by Gasteiger charge is -2.12. The van der Waals surface area contributed by atoms with E-state index in [1.807, 2.05) is 12.4 Å². The highest BCUT2D eigenvalue weighted by Gasteiger charge is 2.15. The van der Waals surface area contributed by atoms with Crippen molar-refractivity contribution >= 4 is 17.7 Å². The average molecular weight is 225 g/mol. The van der Waals surface area contributed by atoms with Crippen LogP contribution in [0.15, 0.2) is 12.4 Å². The number of aromatic nitrogens is 2. The number of hydrogen-bond donors (Lipinski definition) is 1. The Morgan fingerprint density at radius 2 is 2.60 bits per heavy atom. The van der Waals surface area contributed by atoms with Crippen LogP contribution >= 0.6 is 11.8 Å². The fourth-order valence-electron chi connectivity index (χ4n) is 1.91. The van der Waals surface area contributed by atoms with Crippen molar-refractivity contribution in [3.05, 3.63) is 12.4 Å². The molecule has 0 amide bonds. The molecule has 0 aliphatic carbocycles. The molecule has 1 N–H and O–H groups in total. The molecule has 0 radical (unpaired) electrons. The highest BCUT2D eigenvalue weighted by Crippen LogP contribution is 2.26. The lowest BCUT2D eigenvalue weighted by Crippen LogP contribution is -2.16. The van der Waals surface area contributed by atoms with E-state index in [0.717, 1.165) is 30.7 Å². The van der Waals surface area contributed by atoms with Gasteiger partial charge in [0.25, 0.3) is 0 Å². The Bertz CT molecular complexity index is 292. The Hall–Kier alpha value is -0.640. The lowest BCUT2D eigenvalue weighted by molar-refractivity contribution is 0.679. The van der Waals surface area contributed by atoms with Gasteiger partial charge in [-0.1, -0.05) is 6.92 Å². The van der Waals surface area contributed by atoms with Crippen LogP contribution in [0, 0.1) is 0 Å². The van der Waals surface area contributed by atoms with Gasteiger partial charge in [0.1, 0.15) is 0 Å². The quantitative estimate of drug-likeness (QED) is 0.835. The molecule has 1 aromatic heterocycles. The molecule has 0 spiro atoms. The maximum absolute atomic E-state index is 4.34. The van der Waals surface area contributed by atoms with Crippen molar-refractivity contribution in [3.8, 4) is 0 Å². The average Bonchev–Trinajstić information content (AvgIpc) is 2.85. The third-order valence-electron chi connectivity index (χ3n) is 2.69. The second-order valence-electron chi connectivity index (χ2n) is 3.96. The summed E-state index contributed by atoms with van der Waals surface area (Å²) >= 11 is 2.08. The molecule has 1 aliphatic rings. The molecule has 1 aliphatic heterocycles. The van der Waals surface area contributed by atoms with Crippen molar-refractivity contribution < 1.29 is 0 Å². The monoisotopic (exact) mass is 225 g/mol. The maximum atomic E-state index is 4.34. The summed E-state index contributed by atoms with van der Waals surface area (Å²) in [5.41, 5.74) is 0. The van der Waals surface area contributed by atoms with Gasteiger partial charge < -0.3 is 9.88 Å². The van der Waals surface area contributed by atoms with Crippen LogP contribution in [0.2, 0.25) is 0 Å². The van der Waals surface area contributed by atoms with E-state index in [0.29, 0.717) is 0 Å². The van der Waals surface area contributed by atoms with E-state index in [1.54, 1.807) is 0 Å². The van der Waals surface area contributed by atoms with Crippen LogP contribution in [0.3, 0.4) is 0 Å². The van der Waals surface area contributed by atoms with Crippen LogP contribution in [-0.2, 0) is 6.54 Å². The zero-order chi connectivity index (χ0) is 10.5. The van der Waals surface area contributed by atoms with Crippen molar-refractivity contribution in [1.29, 1.82) is 0 Å². The normalized spacial score (nSPS) is 20.7. The van der Waals surface area contributed by atoms with Crippen LogP contribution in [0.5, 0.6) is 0 Å². The van der Waals surface area contributed by atoms with Crippen LogP contribution < -0.4 is 5.32 Å². The molecule has 1 fully saturated rings. The fourth-order valence-corrected chi connectivity index (χ4v) is 3.11. The number of rotatable bonds is 5. The van der Waals surface area contributed by atoms with E-state index < -0.39 is 0 Å². The first-order valence-electron chi connectivity index (χ1n) is 5.76. The third-order valence-corrected chi connectivity index (χ3v) is 4.09. The molecule has 84 valence electrons. The van der Waals surface area contributed by atoms with Crippen molar-refractivity contribution in [3.63, 3.8) is 0 Å². The number of thioether (sulfide) groups is 1. The van der Waals surface area contributed by atoms with E-state index in [2.05, 4.69) is 33.6 Å². The molecular formula is C11H19N3S.